The highest BCUT2D eigenvalue weighted by Crippen LogP contribution is 2.44. The van der Waals surface area contributed by atoms with Crippen molar-refractivity contribution in [3.8, 4) is 0 Å². The van der Waals surface area contributed by atoms with Gasteiger partial charge in [-0.05, 0) is 234 Å². The zero-order valence-electron chi connectivity index (χ0n) is 85.7. The van der Waals surface area contributed by atoms with Crippen molar-refractivity contribution in [1.29, 1.82) is 0 Å². The molecule has 0 fully saturated rings. The van der Waals surface area contributed by atoms with Crippen molar-refractivity contribution in [1.82, 2.24) is 0 Å². The highest BCUT2D eigenvalue weighted by molar-refractivity contribution is 9.10. The maximum absolute atomic E-state index is 12.8. The lowest BCUT2D eigenvalue weighted by molar-refractivity contribution is 0.0414. The standard InChI is InChI=1S/C18H30O4S.C15H24O4S.C15H24O3S.C14H21BrO4S.C14H21ClO4S.C14H21FO4S.C14H22O4S/c1-17(2,3)15-10-8-14(9-11-15)16(19)18(4,5)12-6-7-13-23(20,21)22;1-12-6-8-13(9-7-12)14(16)15(2,3)10-4-5-11-20(17,18)19;1-13-6-8-14(9-7-13)12-15(2,3)10-4-5-11-19(16,17)18;3*1-14(2,9-3-4-10-20(17,18)19)13(16)11-5-7-12(15)8-6-11;1-14(2,10-6-7-11-19(16,17)18)13(15)12-8-4-3-5-9-12/h8-11,16,19H,6-7,12-13H2,1-5H3,(H,20,21,22);6-9,14,16H,4-5,10-11H2,1-3H3,(H,17,18,19);6-9H,4-5,10-12H2,1-3H3,(H,16,17,18);3*5-8,13,16H,3-4,9-10H2,1-2H3,(H,17,18,19);3-5,8-9,13,15H,6-7,10-11H2,1-2H3,(H,16,17,18). The van der Waals surface area contributed by atoms with Crippen molar-refractivity contribution in [2.45, 2.75) is 315 Å². The van der Waals surface area contributed by atoms with Crippen LogP contribution in [0, 0.1) is 57.6 Å². The summed E-state index contributed by atoms with van der Waals surface area (Å²) in [4.78, 5) is 0. The van der Waals surface area contributed by atoms with Gasteiger partial charge in [0.2, 0.25) is 0 Å². The summed E-state index contributed by atoms with van der Waals surface area (Å²) in [5.41, 5.74) is 7.80. The van der Waals surface area contributed by atoms with Gasteiger partial charge >= 0.3 is 0 Å². The van der Waals surface area contributed by atoms with Gasteiger partial charge < -0.3 is 30.6 Å². The van der Waals surface area contributed by atoms with E-state index in [1.807, 2.05) is 193 Å². The van der Waals surface area contributed by atoms with Crippen LogP contribution in [0.25, 0.3) is 0 Å². The highest BCUT2D eigenvalue weighted by Gasteiger charge is 2.35. The van der Waals surface area contributed by atoms with E-state index in [4.69, 9.17) is 43.5 Å². The Morgan fingerprint density at radius 2 is 0.468 bits per heavy atom. The molecule has 7 aromatic carbocycles. The predicted molar refractivity (Wildman–Crippen MR) is 568 cm³/mol. The molecular formula is C104H163BrClFO27S7. The molecule has 0 bridgehead atoms. The number of unbranched alkanes of at least 4 members (excludes halogenated alkanes) is 7. The topological polar surface area (TPSA) is 502 Å². The van der Waals surface area contributed by atoms with E-state index in [9.17, 15) is 94.0 Å². The smallest absolute Gasteiger partial charge is 0.264 e. The fourth-order valence-electron chi connectivity index (χ4n) is 15.4. The summed E-state index contributed by atoms with van der Waals surface area (Å²) in [5.74, 6) is -1.87. The van der Waals surface area contributed by atoms with Crippen LogP contribution in [0.5, 0.6) is 0 Å². The van der Waals surface area contributed by atoms with E-state index in [2.05, 4.69) is 81.7 Å². The number of hydrogen-bond acceptors (Lipinski definition) is 20. The molecule has 27 nitrogen and oxygen atoms in total. The van der Waals surface area contributed by atoms with Gasteiger partial charge in [0.15, 0.2) is 0 Å². The molecule has 0 saturated heterocycles. The third-order valence-electron chi connectivity index (χ3n) is 24.7. The van der Waals surface area contributed by atoms with Crippen molar-refractivity contribution >= 4 is 98.4 Å². The van der Waals surface area contributed by atoms with Crippen molar-refractivity contribution in [3.05, 3.63) is 247 Å². The van der Waals surface area contributed by atoms with Crippen LogP contribution in [0.3, 0.4) is 0 Å². The van der Waals surface area contributed by atoms with Gasteiger partial charge in [-0.1, -0.05) is 341 Å². The van der Waals surface area contributed by atoms with E-state index in [-0.39, 0.29) is 84.0 Å². The normalized spacial score (nSPS) is 14.1. The lowest BCUT2D eigenvalue weighted by Crippen LogP contribution is -2.22. The van der Waals surface area contributed by atoms with E-state index in [0.717, 1.165) is 57.1 Å². The number of aliphatic hydroxyl groups excluding tert-OH is 6. The zero-order chi connectivity index (χ0) is 108. The second-order valence-corrected chi connectivity index (χ2v) is 55.1. The Balaban J connectivity index is 0.000000823. The average Bonchev–Trinajstić information content (AvgIpc) is 0.927. The Labute approximate surface area is 857 Å². The Kier molecular flexibility index (Phi) is 56.9. The largest absolute Gasteiger partial charge is 0.388 e. The molecule has 7 rings (SSSR count). The summed E-state index contributed by atoms with van der Waals surface area (Å²) in [5, 5.41) is 63.1. The van der Waals surface area contributed by atoms with Gasteiger partial charge in [-0.2, -0.15) is 58.9 Å². The van der Waals surface area contributed by atoms with Gasteiger partial charge in [0.1, 0.15) is 5.82 Å². The minimum Gasteiger partial charge on any atom is -0.388 e. The van der Waals surface area contributed by atoms with Gasteiger partial charge in [0, 0.05) is 9.50 Å². The molecule has 0 heterocycles. The Morgan fingerprint density at radius 3 is 0.702 bits per heavy atom. The second kappa shape index (κ2) is 60.1. The summed E-state index contributed by atoms with van der Waals surface area (Å²) < 4.78 is 224. The molecule has 0 spiro atoms. The first-order chi connectivity index (χ1) is 64.2. The Bertz CT molecular complexity index is 5220. The van der Waals surface area contributed by atoms with Gasteiger partial charge in [0.05, 0.1) is 76.9 Å². The third kappa shape index (κ3) is 61.1. The number of benzene rings is 7. The van der Waals surface area contributed by atoms with E-state index in [1.54, 1.807) is 36.4 Å². The maximum Gasteiger partial charge on any atom is 0.264 e. The first-order valence-electron chi connectivity index (χ1n) is 47.5. The van der Waals surface area contributed by atoms with Crippen LogP contribution in [0.1, 0.15) is 345 Å². The van der Waals surface area contributed by atoms with Crippen molar-refractivity contribution < 1.29 is 126 Å². The van der Waals surface area contributed by atoms with E-state index >= 15 is 0 Å². The van der Waals surface area contributed by atoms with Crippen LogP contribution in [-0.4, -0.2) is 162 Å². The van der Waals surface area contributed by atoms with Crippen LogP contribution < -0.4 is 0 Å². The molecule has 0 aromatic heterocycles. The van der Waals surface area contributed by atoms with Crippen molar-refractivity contribution in [2.24, 2.45) is 37.9 Å². The molecule has 0 aliphatic carbocycles. The lowest BCUT2D eigenvalue weighted by Gasteiger charge is -2.31. The van der Waals surface area contributed by atoms with Crippen LogP contribution in [0.4, 0.5) is 4.39 Å². The molecule has 6 unspecified atom stereocenters. The molecule has 6 atom stereocenters. The van der Waals surface area contributed by atoms with Gasteiger partial charge in [-0.25, -0.2) is 4.39 Å². The van der Waals surface area contributed by atoms with Gasteiger partial charge in [-0.15, -0.1) is 0 Å². The molecule has 804 valence electrons. The van der Waals surface area contributed by atoms with E-state index in [0.29, 0.717) is 133 Å². The maximum atomic E-state index is 12.8. The predicted octanol–water partition coefficient (Wildman–Crippen LogP) is 23.6. The lowest BCUT2D eigenvalue weighted by atomic mass is 9.78. The van der Waals surface area contributed by atoms with Crippen molar-refractivity contribution in [2.75, 3.05) is 40.3 Å². The summed E-state index contributed by atoms with van der Waals surface area (Å²) in [6.07, 6.45) is 9.61. The second-order valence-electron chi connectivity index (χ2n) is 42.7. The number of aryl methyl sites for hydroxylation is 2. The van der Waals surface area contributed by atoms with Crippen molar-refractivity contribution in [3.63, 3.8) is 0 Å². The van der Waals surface area contributed by atoms with Crippen LogP contribution >= 0.6 is 27.5 Å². The molecule has 0 radical (unpaired) electrons. The summed E-state index contributed by atoms with van der Waals surface area (Å²) in [7, 11) is -27.2. The first kappa shape index (κ1) is 133. The van der Waals surface area contributed by atoms with Gasteiger partial charge in [0.25, 0.3) is 70.8 Å². The summed E-state index contributed by atoms with van der Waals surface area (Å²) in [6, 6.07) is 53.9. The number of halogens is 3. The number of aliphatic hydroxyl groups is 6. The molecule has 0 amide bonds. The van der Waals surface area contributed by atoms with E-state index in [1.165, 1.54) is 28.8 Å². The fraction of sp³-hybridized carbons (Fsp3) is 0.596. The van der Waals surface area contributed by atoms with E-state index < -0.39 is 113 Å². The minimum atomic E-state index is -3.92. The SMILES string of the molecule is CC(C)(C)c1ccc(C(O)C(C)(C)CCCCS(=O)(=O)O)cc1.CC(C)(CCCCS(=O)(=O)O)C(O)c1ccc(Br)cc1.CC(C)(CCCCS(=O)(=O)O)C(O)c1ccc(Cl)cc1.CC(C)(CCCCS(=O)(=O)O)C(O)c1ccc(F)cc1.CC(C)(CCCCS(=O)(=O)O)C(O)c1ccccc1.Cc1ccc(C(O)C(C)(C)CCCCS(=O)(=O)O)cc1.Cc1ccc(CC(C)(C)CCCCS(=O)(=O)O)cc1. The molecule has 0 saturated carbocycles. The zero-order valence-corrected chi connectivity index (χ0v) is 93.8. The molecule has 141 heavy (non-hydrogen) atoms. The van der Waals surface area contributed by atoms with Gasteiger partial charge in [-0.3, -0.25) is 31.9 Å². The van der Waals surface area contributed by atoms with Crippen LogP contribution in [0.15, 0.2) is 180 Å². The van der Waals surface area contributed by atoms with Crippen LogP contribution in [0.2, 0.25) is 5.02 Å². The monoisotopic (exact) mass is 2200 g/mol. The van der Waals surface area contributed by atoms with Crippen LogP contribution in [-0.2, 0) is 82.7 Å². The molecule has 7 aromatic rings. The summed E-state index contributed by atoms with van der Waals surface area (Å²) in [6.45, 7) is 38.2. The highest BCUT2D eigenvalue weighted by atomic mass is 79.9. The quantitative estimate of drug-likeness (QED) is 0.0124. The molecule has 0 aliphatic rings. The fourth-order valence-corrected chi connectivity index (χ4v) is 19.8. The number of rotatable bonds is 49. The molecule has 37 heteroatoms. The summed E-state index contributed by atoms with van der Waals surface area (Å²) >= 11 is 9.17. The first-order valence-corrected chi connectivity index (χ1v) is 59.9. The number of hydrogen-bond donors (Lipinski definition) is 13. The Morgan fingerprint density at radius 1 is 0.270 bits per heavy atom. The molecule has 13 N–H and O–H groups in total. The average molecular weight is 2200 g/mol. The minimum absolute atomic E-state index is 0.0782. The Hall–Kier alpha value is -5.63. The third-order valence-corrected chi connectivity index (χ3v) is 31.2. The molecule has 0 aliphatic heterocycles. The molecular weight excluding hydrogens is 2040 g/mol.